The molecule has 1 aromatic carbocycles. The topological polar surface area (TPSA) is 53.6 Å². The maximum absolute atomic E-state index is 12.2. The third-order valence-corrected chi connectivity index (χ3v) is 4.21. The number of para-hydroxylation sites is 2. The van der Waals surface area contributed by atoms with Gasteiger partial charge in [-0.2, -0.15) is 0 Å². The number of carbonyl (C=O) groups excluding carboxylic acids is 1. The van der Waals surface area contributed by atoms with Gasteiger partial charge in [-0.3, -0.25) is 0 Å². The lowest BCUT2D eigenvalue weighted by Gasteiger charge is -2.36. The Kier molecular flexibility index (Phi) is 6.28. The van der Waals surface area contributed by atoms with Gasteiger partial charge in [-0.1, -0.05) is 26.0 Å². The normalized spacial score (nSPS) is 23.1. The summed E-state index contributed by atoms with van der Waals surface area (Å²) < 4.78 is 5.25. The third kappa shape index (κ3) is 5.43. The second kappa shape index (κ2) is 8.20. The van der Waals surface area contributed by atoms with Crippen molar-refractivity contribution in [2.45, 2.75) is 33.2 Å². The number of nitrogens with one attached hydrogen (secondary N) is 2. The average molecular weight is 319 g/mol. The molecule has 1 heterocycles. The molecule has 3 atom stereocenters. The number of benzene rings is 1. The molecule has 0 spiro atoms. The molecule has 5 nitrogen and oxygen atoms in total. The molecule has 5 heteroatoms. The number of hydrogen-bond acceptors (Lipinski definition) is 3. The van der Waals surface area contributed by atoms with Crippen LogP contribution in [0, 0.1) is 11.8 Å². The first-order valence-electron chi connectivity index (χ1n) is 8.40. The number of piperidine rings is 1. The van der Waals surface area contributed by atoms with Gasteiger partial charge in [0.2, 0.25) is 0 Å². The van der Waals surface area contributed by atoms with Crippen LogP contribution >= 0.6 is 0 Å². The maximum atomic E-state index is 12.2. The summed E-state index contributed by atoms with van der Waals surface area (Å²) >= 11 is 0. The molecule has 1 saturated heterocycles. The van der Waals surface area contributed by atoms with E-state index >= 15 is 0 Å². The summed E-state index contributed by atoms with van der Waals surface area (Å²) in [4.78, 5) is 14.6. The predicted molar refractivity (Wildman–Crippen MR) is 94.0 cm³/mol. The summed E-state index contributed by atoms with van der Waals surface area (Å²) in [5.74, 6) is 2.12. The van der Waals surface area contributed by atoms with Crippen LogP contribution < -0.4 is 15.4 Å². The van der Waals surface area contributed by atoms with Crippen molar-refractivity contribution in [1.29, 1.82) is 0 Å². The van der Waals surface area contributed by atoms with Gasteiger partial charge >= 0.3 is 6.03 Å². The van der Waals surface area contributed by atoms with Crippen LogP contribution in [-0.4, -0.2) is 43.7 Å². The first-order chi connectivity index (χ1) is 11.0. The first-order valence-corrected chi connectivity index (χ1v) is 8.40. The van der Waals surface area contributed by atoms with Gasteiger partial charge in [-0.05, 0) is 37.3 Å². The highest BCUT2D eigenvalue weighted by Crippen LogP contribution is 2.23. The SMILES string of the molecule is COc1ccccc1NC(=O)N[C@@H](C)CN1C[C@H](C)C[C@@H](C)C1. The van der Waals surface area contributed by atoms with Crippen molar-refractivity contribution in [3.05, 3.63) is 24.3 Å². The van der Waals surface area contributed by atoms with Crippen LogP contribution in [-0.2, 0) is 0 Å². The number of rotatable bonds is 5. The molecule has 0 radical (unpaired) electrons. The molecule has 0 aliphatic carbocycles. The number of urea groups is 1. The van der Waals surface area contributed by atoms with Gasteiger partial charge in [0.25, 0.3) is 0 Å². The van der Waals surface area contributed by atoms with Gasteiger partial charge in [0.1, 0.15) is 5.75 Å². The number of likely N-dealkylation sites (tertiary alicyclic amines) is 1. The third-order valence-electron chi connectivity index (χ3n) is 4.21. The van der Waals surface area contributed by atoms with Crippen molar-refractivity contribution < 1.29 is 9.53 Å². The highest BCUT2D eigenvalue weighted by atomic mass is 16.5. The monoisotopic (exact) mass is 319 g/mol. The standard InChI is InChI=1S/C18H29N3O2/c1-13-9-14(2)11-21(10-13)12-15(3)19-18(22)20-16-7-5-6-8-17(16)23-4/h5-8,13-15H,9-12H2,1-4H3,(H2,19,20,22)/t13-,14-,15+/m1/s1. The Bertz CT molecular complexity index is 511. The second-order valence-electron chi connectivity index (χ2n) is 6.86. The van der Waals surface area contributed by atoms with Crippen molar-refractivity contribution in [3.8, 4) is 5.75 Å². The molecule has 128 valence electrons. The summed E-state index contributed by atoms with van der Waals surface area (Å²) in [6, 6.07) is 7.32. The van der Waals surface area contributed by atoms with Crippen molar-refractivity contribution in [3.63, 3.8) is 0 Å². The highest BCUT2D eigenvalue weighted by molar-refractivity contribution is 5.91. The summed E-state index contributed by atoms with van der Waals surface area (Å²) in [6.07, 6.45) is 1.30. The van der Waals surface area contributed by atoms with Crippen molar-refractivity contribution >= 4 is 11.7 Å². The van der Waals surface area contributed by atoms with E-state index in [4.69, 9.17) is 4.74 Å². The number of nitrogens with zero attached hydrogens (tertiary/aromatic N) is 1. The maximum Gasteiger partial charge on any atom is 0.319 e. The fourth-order valence-corrected chi connectivity index (χ4v) is 3.50. The Balaban J connectivity index is 1.82. The minimum atomic E-state index is -0.194. The second-order valence-corrected chi connectivity index (χ2v) is 6.86. The minimum absolute atomic E-state index is 0.0993. The molecule has 1 fully saturated rings. The van der Waals surface area contributed by atoms with Gasteiger partial charge in [-0.25, -0.2) is 4.79 Å². The van der Waals surface area contributed by atoms with Gasteiger partial charge in [-0.15, -0.1) is 0 Å². The molecule has 1 aliphatic rings. The van der Waals surface area contributed by atoms with Crippen LogP contribution in [0.15, 0.2) is 24.3 Å². The molecule has 0 saturated carbocycles. The molecule has 0 bridgehead atoms. The fraction of sp³-hybridized carbons (Fsp3) is 0.611. The number of carbonyl (C=O) groups is 1. The van der Waals surface area contributed by atoms with Crippen LogP contribution in [0.5, 0.6) is 5.75 Å². The minimum Gasteiger partial charge on any atom is -0.495 e. The molecule has 2 N–H and O–H groups in total. The Morgan fingerprint density at radius 1 is 1.30 bits per heavy atom. The quantitative estimate of drug-likeness (QED) is 0.876. The van der Waals surface area contributed by atoms with Crippen LogP contribution in [0.3, 0.4) is 0 Å². The van der Waals surface area contributed by atoms with Crippen LogP contribution in [0.4, 0.5) is 10.5 Å². The summed E-state index contributed by atoms with van der Waals surface area (Å²) in [5.41, 5.74) is 0.680. The summed E-state index contributed by atoms with van der Waals surface area (Å²) in [6.45, 7) is 9.76. The number of hydrogen-bond donors (Lipinski definition) is 2. The van der Waals surface area contributed by atoms with E-state index in [9.17, 15) is 4.79 Å². The van der Waals surface area contributed by atoms with Crippen molar-refractivity contribution in [1.82, 2.24) is 10.2 Å². The van der Waals surface area contributed by atoms with E-state index in [1.807, 2.05) is 31.2 Å². The Labute approximate surface area is 139 Å². The van der Waals surface area contributed by atoms with E-state index in [1.165, 1.54) is 6.42 Å². The van der Waals surface area contributed by atoms with Gasteiger partial charge in [0, 0.05) is 25.7 Å². The zero-order valence-corrected chi connectivity index (χ0v) is 14.6. The van der Waals surface area contributed by atoms with Crippen LogP contribution in [0.25, 0.3) is 0 Å². The lowest BCUT2D eigenvalue weighted by atomic mass is 9.92. The average Bonchev–Trinajstić information content (AvgIpc) is 2.46. The molecular formula is C18H29N3O2. The lowest BCUT2D eigenvalue weighted by Crippen LogP contribution is -2.47. The van der Waals surface area contributed by atoms with E-state index in [-0.39, 0.29) is 12.1 Å². The summed E-state index contributed by atoms with van der Waals surface area (Å²) in [5, 5.41) is 5.86. The van der Waals surface area contributed by atoms with Crippen molar-refractivity contribution in [2.24, 2.45) is 11.8 Å². The number of amides is 2. The van der Waals surface area contributed by atoms with E-state index in [0.29, 0.717) is 11.4 Å². The summed E-state index contributed by atoms with van der Waals surface area (Å²) in [7, 11) is 1.60. The van der Waals surface area contributed by atoms with Gasteiger partial charge in [0.05, 0.1) is 12.8 Å². The Morgan fingerprint density at radius 2 is 1.96 bits per heavy atom. The molecule has 1 aromatic rings. The largest absolute Gasteiger partial charge is 0.495 e. The predicted octanol–water partition coefficient (Wildman–Crippen LogP) is 3.18. The Morgan fingerprint density at radius 3 is 2.61 bits per heavy atom. The van der Waals surface area contributed by atoms with Crippen molar-refractivity contribution in [2.75, 3.05) is 32.1 Å². The highest BCUT2D eigenvalue weighted by Gasteiger charge is 2.23. The molecule has 0 aromatic heterocycles. The molecule has 0 unspecified atom stereocenters. The number of anilines is 1. The molecular weight excluding hydrogens is 290 g/mol. The fourth-order valence-electron chi connectivity index (χ4n) is 3.50. The van der Waals surface area contributed by atoms with E-state index in [1.54, 1.807) is 7.11 Å². The smallest absolute Gasteiger partial charge is 0.319 e. The van der Waals surface area contributed by atoms with E-state index in [0.717, 1.165) is 31.5 Å². The van der Waals surface area contributed by atoms with Gasteiger partial charge in [0.15, 0.2) is 0 Å². The lowest BCUT2D eigenvalue weighted by molar-refractivity contribution is 0.132. The zero-order valence-electron chi connectivity index (χ0n) is 14.6. The molecule has 23 heavy (non-hydrogen) atoms. The van der Waals surface area contributed by atoms with E-state index < -0.39 is 0 Å². The molecule has 2 amide bonds. The molecule has 2 rings (SSSR count). The van der Waals surface area contributed by atoms with Crippen LogP contribution in [0.1, 0.15) is 27.2 Å². The molecule has 1 aliphatic heterocycles. The van der Waals surface area contributed by atoms with Gasteiger partial charge < -0.3 is 20.3 Å². The number of methoxy groups -OCH3 is 1. The van der Waals surface area contributed by atoms with Crippen LogP contribution in [0.2, 0.25) is 0 Å². The zero-order chi connectivity index (χ0) is 16.8. The number of ether oxygens (including phenoxy) is 1. The Hall–Kier alpha value is -1.75. The first kappa shape index (κ1) is 17.6. The van der Waals surface area contributed by atoms with E-state index in [2.05, 4.69) is 29.4 Å².